The van der Waals surface area contributed by atoms with Gasteiger partial charge in [-0.15, -0.1) is 0 Å². The van der Waals surface area contributed by atoms with Gasteiger partial charge in [-0.3, -0.25) is 9.69 Å². The van der Waals surface area contributed by atoms with Crippen LogP contribution in [0.2, 0.25) is 0 Å². The van der Waals surface area contributed by atoms with E-state index in [4.69, 9.17) is 5.73 Å². The predicted molar refractivity (Wildman–Crippen MR) is 90.3 cm³/mol. The fourth-order valence-corrected chi connectivity index (χ4v) is 3.87. The zero-order chi connectivity index (χ0) is 16.3. The van der Waals surface area contributed by atoms with E-state index < -0.39 is 6.04 Å². The van der Waals surface area contributed by atoms with Gasteiger partial charge in [0.2, 0.25) is 5.91 Å². The van der Waals surface area contributed by atoms with Crippen molar-refractivity contribution in [2.75, 3.05) is 20.1 Å². The molecule has 1 fully saturated rings. The van der Waals surface area contributed by atoms with Crippen molar-refractivity contribution in [3.05, 3.63) is 35.9 Å². The fourth-order valence-electron chi connectivity index (χ4n) is 3.87. The van der Waals surface area contributed by atoms with E-state index in [2.05, 4.69) is 49.1 Å². The summed E-state index contributed by atoms with van der Waals surface area (Å²) in [5.74, 6) is 0.931. The lowest BCUT2D eigenvalue weighted by Gasteiger charge is -2.45. The van der Waals surface area contributed by atoms with Gasteiger partial charge in [0.1, 0.15) is 0 Å². The molecule has 0 saturated carbocycles. The molecule has 1 aromatic carbocycles. The van der Waals surface area contributed by atoms with Gasteiger partial charge in [0.25, 0.3) is 0 Å². The summed E-state index contributed by atoms with van der Waals surface area (Å²) in [6, 6.07) is 10.4. The molecule has 4 heteroatoms. The highest BCUT2D eigenvalue weighted by molar-refractivity contribution is 5.81. The summed E-state index contributed by atoms with van der Waals surface area (Å²) in [5.41, 5.74) is 7.11. The number of nitrogens with two attached hydrogens (primary N) is 1. The molecule has 2 N–H and O–H groups in total. The molecule has 1 aliphatic rings. The average molecular weight is 303 g/mol. The summed E-state index contributed by atoms with van der Waals surface area (Å²) in [4.78, 5) is 16.6. The molecule has 1 saturated heterocycles. The summed E-state index contributed by atoms with van der Waals surface area (Å²) in [6.07, 6.45) is 0. The van der Waals surface area contributed by atoms with E-state index >= 15 is 0 Å². The number of nitrogens with zero attached hydrogens (tertiary/aromatic N) is 2. The first kappa shape index (κ1) is 17.0. The Morgan fingerprint density at radius 3 is 2.32 bits per heavy atom. The summed E-state index contributed by atoms with van der Waals surface area (Å²) in [7, 11) is 1.90. The monoisotopic (exact) mass is 303 g/mol. The SMILES string of the molecule is C[C@H](N)C(=O)N(C)C1[C@H](C)CN(Cc2ccccc2)C[C@H]1C. The van der Waals surface area contributed by atoms with Crippen molar-refractivity contribution in [1.29, 1.82) is 0 Å². The Kier molecular flexibility index (Phi) is 5.59. The number of carbonyl (C=O) groups excluding carboxylic acids is 1. The lowest BCUT2D eigenvalue weighted by atomic mass is 9.84. The molecule has 0 unspecified atom stereocenters. The molecule has 1 amide bonds. The molecule has 2 rings (SSSR count). The van der Waals surface area contributed by atoms with Crippen molar-refractivity contribution >= 4 is 5.91 Å². The van der Waals surface area contributed by atoms with Gasteiger partial charge in [0.15, 0.2) is 0 Å². The molecule has 0 radical (unpaired) electrons. The Labute approximate surface area is 134 Å². The highest BCUT2D eigenvalue weighted by Crippen LogP contribution is 2.27. The van der Waals surface area contributed by atoms with Crippen molar-refractivity contribution < 1.29 is 4.79 Å². The molecule has 0 aromatic heterocycles. The molecular formula is C18H29N3O. The van der Waals surface area contributed by atoms with E-state index in [-0.39, 0.29) is 11.9 Å². The minimum atomic E-state index is -0.424. The van der Waals surface area contributed by atoms with Crippen LogP contribution < -0.4 is 5.73 Å². The summed E-state index contributed by atoms with van der Waals surface area (Å²) in [5, 5.41) is 0. The molecule has 1 aliphatic heterocycles. The quantitative estimate of drug-likeness (QED) is 0.925. The van der Waals surface area contributed by atoms with Crippen molar-refractivity contribution in [3.63, 3.8) is 0 Å². The van der Waals surface area contributed by atoms with Crippen molar-refractivity contribution in [2.45, 2.75) is 39.4 Å². The first-order valence-corrected chi connectivity index (χ1v) is 8.18. The average Bonchev–Trinajstić information content (AvgIpc) is 2.46. The van der Waals surface area contributed by atoms with Crippen LogP contribution in [0, 0.1) is 11.8 Å². The largest absolute Gasteiger partial charge is 0.341 e. The van der Waals surface area contributed by atoms with Crippen LogP contribution in [0.5, 0.6) is 0 Å². The van der Waals surface area contributed by atoms with E-state index in [1.807, 2.05) is 11.9 Å². The van der Waals surface area contributed by atoms with E-state index in [1.54, 1.807) is 6.92 Å². The molecule has 0 aliphatic carbocycles. The third-order valence-corrected chi connectivity index (χ3v) is 4.69. The van der Waals surface area contributed by atoms with Crippen LogP contribution >= 0.6 is 0 Å². The van der Waals surface area contributed by atoms with Gasteiger partial charge >= 0.3 is 0 Å². The molecule has 122 valence electrons. The number of hydrogen-bond acceptors (Lipinski definition) is 3. The summed E-state index contributed by atoms with van der Waals surface area (Å²) in [6.45, 7) is 9.25. The lowest BCUT2D eigenvalue weighted by Crippen LogP contribution is -2.57. The van der Waals surface area contributed by atoms with Crippen LogP contribution in [0.1, 0.15) is 26.3 Å². The molecular weight excluding hydrogens is 274 g/mol. The molecule has 0 bridgehead atoms. The normalized spacial score (nSPS) is 25.0. The van der Waals surface area contributed by atoms with Crippen LogP contribution in [0.15, 0.2) is 30.3 Å². The Bertz CT molecular complexity index is 476. The molecule has 1 heterocycles. The first-order chi connectivity index (χ1) is 10.4. The number of carbonyl (C=O) groups is 1. The van der Waals surface area contributed by atoms with Gasteiger partial charge in [-0.25, -0.2) is 0 Å². The maximum atomic E-state index is 12.2. The van der Waals surface area contributed by atoms with Crippen LogP contribution in [-0.4, -0.2) is 47.9 Å². The van der Waals surface area contributed by atoms with Gasteiger partial charge in [0, 0.05) is 32.7 Å². The molecule has 1 aromatic rings. The lowest BCUT2D eigenvalue weighted by molar-refractivity contribution is -0.136. The number of piperidine rings is 1. The Morgan fingerprint density at radius 1 is 1.27 bits per heavy atom. The maximum absolute atomic E-state index is 12.2. The van der Waals surface area contributed by atoms with Crippen LogP contribution in [0.3, 0.4) is 0 Å². The van der Waals surface area contributed by atoms with E-state index in [0.717, 1.165) is 19.6 Å². The Hall–Kier alpha value is -1.39. The van der Waals surface area contributed by atoms with Gasteiger partial charge in [0.05, 0.1) is 6.04 Å². The molecule has 4 nitrogen and oxygen atoms in total. The first-order valence-electron chi connectivity index (χ1n) is 8.18. The van der Waals surface area contributed by atoms with Crippen molar-refractivity contribution in [1.82, 2.24) is 9.80 Å². The standard InChI is InChI=1S/C18H29N3O/c1-13-10-21(12-16-8-6-5-7-9-16)11-14(2)17(13)20(4)18(22)15(3)19/h5-9,13-15,17H,10-12,19H2,1-4H3/t13-,14-,15+/m1/s1. The zero-order valence-electron chi connectivity index (χ0n) is 14.2. The second kappa shape index (κ2) is 7.25. The summed E-state index contributed by atoms with van der Waals surface area (Å²) < 4.78 is 0. The van der Waals surface area contributed by atoms with Crippen LogP contribution in [0.4, 0.5) is 0 Å². The zero-order valence-corrected chi connectivity index (χ0v) is 14.2. The highest BCUT2D eigenvalue weighted by Gasteiger charge is 2.36. The topological polar surface area (TPSA) is 49.6 Å². The number of hydrogen-bond donors (Lipinski definition) is 1. The molecule has 0 spiro atoms. The highest BCUT2D eigenvalue weighted by atomic mass is 16.2. The van der Waals surface area contributed by atoms with E-state index in [9.17, 15) is 4.79 Å². The minimum Gasteiger partial charge on any atom is -0.341 e. The van der Waals surface area contributed by atoms with Gasteiger partial charge in [-0.05, 0) is 24.3 Å². The fraction of sp³-hybridized carbons (Fsp3) is 0.611. The van der Waals surface area contributed by atoms with E-state index in [0.29, 0.717) is 11.8 Å². The third-order valence-electron chi connectivity index (χ3n) is 4.69. The van der Waals surface area contributed by atoms with Gasteiger partial charge < -0.3 is 10.6 Å². The second-order valence-corrected chi connectivity index (χ2v) is 6.86. The minimum absolute atomic E-state index is 0.0419. The van der Waals surface area contributed by atoms with Gasteiger partial charge in [-0.1, -0.05) is 44.2 Å². The second-order valence-electron chi connectivity index (χ2n) is 6.86. The maximum Gasteiger partial charge on any atom is 0.239 e. The van der Waals surface area contributed by atoms with Crippen LogP contribution in [-0.2, 0) is 11.3 Å². The van der Waals surface area contributed by atoms with Gasteiger partial charge in [-0.2, -0.15) is 0 Å². The molecule has 22 heavy (non-hydrogen) atoms. The third kappa shape index (κ3) is 3.87. The molecule has 3 atom stereocenters. The Morgan fingerprint density at radius 2 is 1.82 bits per heavy atom. The number of likely N-dealkylation sites (tertiary alicyclic amines) is 1. The van der Waals surface area contributed by atoms with Crippen molar-refractivity contribution in [2.24, 2.45) is 17.6 Å². The number of amides is 1. The number of benzene rings is 1. The van der Waals surface area contributed by atoms with Crippen LogP contribution in [0.25, 0.3) is 0 Å². The smallest absolute Gasteiger partial charge is 0.239 e. The summed E-state index contributed by atoms with van der Waals surface area (Å²) >= 11 is 0. The number of likely N-dealkylation sites (N-methyl/N-ethyl adjacent to an activating group) is 1. The predicted octanol–water partition coefficient (Wildman–Crippen LogP) is 1.95. The van der Waals surface area contributed by atoms with Crippen molar-refractivity contribution in [3.8, 4) is 0 Å². The number of rotatable bonds is 4. The van der Waals surface area contributed by atoms with E-state index in [1.165, 1.54) is 5.56 Å². The Balaban J connectivity index is 2.01.